The summed E-state index contributed by atoms with van der Waals surface area (Å²) in [4.78, 5) is 12.3. The van der Waals surface area contributed by atoms with Gasteiger partial charge in [-0.3, -0.25) is 4.79 Å². The topological polar surface area (TPSA) is 139 Å². The van der Waals surface area contributed by atoms with Crippen LogP contribution in [0.25, 0.3) is 0 Å². The van der Waals surface area contributed by atoms with Gasteiger partial charge in [0.05, 0.1) is 18.9 Å². The Labute approximate surface area is 243 Å². The third kappa shape index (κ3) is 11.4. The van der Waals surface area contributed by atoms with Crippen LogP contribution in [-0.2, 0) is 24.1 Å². The lowest BCUT2D eigenvalue weighted by Gasteiger charge is -2.12. The number of rotatable bonds is 17. The molecule has 0 aromatic heterocycles. The molecule has 0 bridgehead atoms. The quantitative estimate of drug-likeness (QED) is 0.0821. The molecule has 1 atom stereocenters. The second kappa shape index (κ2) is 16.6. The average molecular weight is 561 g/mol. The fourth-order valence-corrected chi connectivity index (χ4v) is 4.57. The number of nitrogens with two attached hydrogens (primary N) is 2. The Morgan fingerprint density at radius 3 is 2.27 bits per heavy atom. The molecule has 220 valence electrons. The number of unbranched alkanes of at least 4 members (excludes halogenated alkanes) is 3. The van der Waals surface area contributed by atoms with Crippen molar-refractivity contribution in [3.05, 3.63) is 101 Å². The number of hydrogen-bond acceptors (Lipinski definition) is 7. The predicted octanol–water partition coefficient (Wildman–Crippen LogP) is 5.62. The Bertz CT molecular complexity index is 1270. The molecule has 7 N–H and O–H groups in total. The molecule has 7 nitrogen and oxygen atoms in total. The van der Waals surface area contributed by atoms with Gasteiger partial charge >= 0.3 is 0 Å². The van der Waals surface area contributed by atoms with Crippen molar-refractivity contribution in [1.29, 1.82) is 0 Å². The molecule has 0 unspecified atom stereocenters. The van der Waals surface area contributed by atoms with E-state index in [1.165, 1.54) is 0 Å². The number of hydrogen-bond donors (Lipinski definition) is 5. The van der Waals surface area contributed by atoms with Crippen LogP contribution < -0.4 is 16.2 Å². The molecule has 41 heavy (non-hydrogen) atoms. The summed E-state index contributed by atoms with van der Waals surface area (Å²) in [7, 11) is 0. The first-order valence-corrected chi connectivity index (χ1v) is 14.4. The molecule has 3 rings (SSSR count). The number of phenolic OH excluding ortho intramolecular Hbond substituents is 2. The number of aromatic hydroxyl groups is 2. The van der Waals surface area contributed by atoms with Crippen LogP contribution in [0.15, 0.2) is 72.8 Å². The molecule has 0 fully saturated rings. The number of ether oxygens (including phenoxy) is 1. The van der Waals surface area contributed by atoms with Gasteiger partial charge in [-0.25, -0.2) is 0 Å². The maximum atomic E-state index is 12.3. The van der Waals surface area contributed by atoms with E-state index in [4.69, 9.17) is 16.2 Å². The molecule has 0 radical (unpaired) electrons. The van der Waals surface area contributed by atoms with Crippen LogP contribution in [0.3, 0.4) is 0 Å². The van der Waals surface area contributed by atoms with Crippen molar-refractivity contribution in [3.63, 3.8) is 0 Å². The number of benzene rings is 3. The number of aliphatic hydroxyl groups is 1. The Balaban J connectivity index is 1.46. The summed E-state index contributed by atoms with van der Waals surface area (Å²) < 4.78 is 5.89. The number of phenols is 2. The van der Waals surface area contributed by atoms with E-state index in [0.29, 0.717) is 38.0 Å². The Morgan fingerprint density at radius 1 is 0.878 bits per heavy atom. The summed E-state index contributed by atoms with van der Waals surface area (Å²) in [6.07, 6.45) is 9.69. The second-order valence-electron chi connectivity index (χ2n) is 10.7. The summed E-state index contributed by atoms with van der Waals surface area (Å²) >= 11 is 0. The van der Waals surface area contributed by atoms with Gasteiger partial charge in [-0.2, -0.15) is 0 Å². The fraction of sp³-hybridized carbons (Fsp3) is 0.382. The van der Waals surface area contributed by atoms with Gasteiger partial charge in [-0.05, 0) is 84.7 Å². The van der Waals surface area contributed by atoms with Crippen LogP contribution >= 0.6 is 0 Å². The molecule has 0 saturated carbocycles. The molecular weight excluding hydrogens is 516 g/mol. The predicted molar refractivity (Wildman–Crippen MR) is 163 cm³/mol. The van der Waals surface area contributed by atoms with Crippen molar-refractivity contribution >= 4 is 5.78 Å². The molecule has 0 aliphatic rings. The monoisotopic (exact) mass is 560 g/mol. The van der Waals surface area contributed by atoms with E-state index in [9.17, 15) is 20.1 Å². The molecule has 0 aliphatic heterocycles. The third-order valence-electron chi connectivity index (χ3n) is 7.03. The van der Waals surface area contributed by atoms with Crippen LogP contribution in [-0.4, -0.2) is 33.8 Å². The van der Waals surface area contributed by atoms with E-state index >= 15 is 0 Å². The van der Waals surface area contributed by atoms with E-state index in [1.54, 1.807) is 37.3 Å². The molecule has 0 heterocycles. The second-order valence-corrected chi connectivity index (χ2v) is 10.7. The lowest BCUT2D eigenvalue weighted by molar-refractivity contribution is -0.114. The van der Waals surface area contributed by atoms with Crippen molar-refractivity contribution in [1.82, 2.24) is 0 Å². The molecule has 3 aromatic rings. The highest BCUT2D eigenvalue weighted by Crippen LogP contribution is 2.28. The summed E-state index contributed by atoms with van der Waals surface area (Å²) in [5.74, 6) is 0.755. The molecule has 7 heteroatoms. The molecule has 0 amide bonds. The first-order valence-electron chi connectivity index (χ1n) is 14.4. The fourth-order valence-electron chi connectivity index (χ4n) is 4.57. The Morgan fingerprint density at radius 2 is 1.56 bits per heavy atom. The minimum absolute atomic E-state index is 0.0580. The maximum absolute atomic E-state index is 12.3. The van der Waals surface area contributed by atoms with E-state index in [-0.39, 0.29) is 23.4 Å². The van der Waals surface area contributed by atoms with Gasteiger partial charge in [0.1, 0.15) is 5.75 Å². The van der Waals surface area contributed by atoms with Gasteiger partial charge in [-0.1, -0.05) is 61.4 Å². The van der Waals surface area contributed by atoms with Crippen molar-refractivity contribution in [3.8, 4) is 17.2 Å². The van der Waals surface area contributed by atoms with Gasteiger partial charge < -0.3 is 31.5 Å². The van der Waals surface area contributed by atoms with E-state index < -0.39 is 6.17 Å². The third-order valence-corrected chi connectivity index (χ3v) is 7.03. The van der Waals surface area contributed by atoms with Gasteiger partial charge in [0.2, 0.25) is 0 Å². The molecule has 0 aliphatic carbocycles. The first-order chi connectivity index (χ1) is 19.7. The molecular formula is C34H44N2O5. The van der Waals surface area contributed by atoms with E-state index in [1.807, 2.05) is 42.5 Å². The highest BCUT2D eigenvalue weighted by Gasteiger charge is 2.09. The van der Waals surface area contributed by atoms with E-state index in [0.717, 1.165) is 59.9 Å². The smallest absolute Gasteiger partial charge is 0.161 e. The minimum atomic E-state index is -0.515. The number of allylic oxidation sites excluding steroid dienone is 2. The Kier molecular flexibility index (Phi) is 12.9. The lowest BCUT2D eigenvalue weighted by atomic mass is 9.99. The van der Waals surface area contributed by atoms with Crippen molar-refractivity contribution < 1.29 is 24.9 Å². The zero-order chi connectivity index (χ0) is 29.6. The maximum Gasteiger partial charge on any atom is 0.161 e. The highest BCUT2D eigenvalue weighted by molar-refractivity contribution is 5.89. The largest absolute Gasteiger partial charge is 0.508 e. The summed E-state index contributed by atoms with van der Waals surface area (Å²) in [6, 6.07) is 18.4. The van der Waals surface area contributed by atoms with E-state index in [2.05, 4.69) is 0 Å². The van der Waals surface area contributed by atoms with Crippen LogP contribution in [0.1, 0.15) is 79.4 Å². The molecule has 3 aromatic carbocycles. The Hall–Kier alpha value is -3.65. The zero-order valence-electron chi connectivity index (χ0n) is 24.0. The number of aliphatic hydroxyl groups excluding tert-OH is 1. The number of carbonyl (C=O) groups excluding carboxylic acids is 1. The standard InChI is InChI=1S/C34H44N2O5/c1-24(37)7-5-3-2-4-6-8-30(38)16-11-26-13-18-32(40)33(23-26)41-20-19-27-12-17-31(39)29(22-27)21-25-9-14-28(15-10-25)34(35)36/h6,8-10,12-15,17-18,22-24,34,37,39-40H,2-5,7,11,16,19-21,35-36H2,1H3/t24-/m0/s1. The average Bonchev–Trinajstić information content (AvgIpc) is 2.94. The number of ketones is 1. The van der Waals surface area contributed by atoms with Crippen molar-refractivity contribution in [2.24, 2.45) is 11.5 Å². The SMILES string of the molecule is C[C@H](O)CCCCCC=CC(=O)CCc1ccc(O)c(OCCc2ccc(O)c(Cc3ccc(C(N)N)cc3)c2)c1. The van der Waals surface area contributed by atoms with Crippen LogP contribution in [0.5, 0.6) is 17.2 Å². The number of aryl methyl sites for hydroxylation is 1. The van der Waals surface area contributed by atoms with Gasteiger partial charge in [0.25, 0.3) is 0 Å². The lowest BCUT2D eigenvalue weighted by Crippen LogP contribution is -2.19. The normalized spacial score (nSPS) is 12.2. The molecule has 0 spiro atoms. The molecule has 0 saturated heterocycles. The van der Waals surface area contributed by atoms with Crippen molar-refractivity contribution in [2.75, 3.05) is 6.61 Å². The van der Waals surface area contributed by atoms with Crippen LogP contribution in [0, 0.1) is 0 Å². The summed E-state index contributed by atoms with van der Waals surface area (Å²) in [5.41, 5.74) is 16.1. The van der Waals surface area contributed by atoms with Gasteiger partial charge in [0, 0.05) is 19.3 Å². The number of carbonyl (C=O) groups is 1. The van der Waals surface area contributed by atoms with Crippen molar-refractivity contribution in [2.45, 2.75) is 77.0 Å². The highest BCUT2D eigenvalue weighted by atomic mass is 16.5. The zero-order valence-corrected chi connectivity index (χ0v) is 24.0. The van der Waals surface area contributed by atoms with Gasteiger partial charge in [-0.15, -0.1) is 0 Å². The first kappa shape index (κ1) is 31.9. The van der Waals surface area contributed by atoms with Crippen LogP contribution in [0.2, 0.25) is 0 Å². The summed E-state index contributed by atoms with van der Waals surface area (Å²) in [5, 5.41) is 29.9. The van der Waals surface area contributed by atoms with Crippen LogP contribution in [0.4, 0.5) is 0 Å². The minimum Gasteiger partial charge on any atom is -0.508 e. The summed E-state index contributed by atoms with van der Waals surface area (Å²) in [6.45, 7) is 2.15. The van der Waals surface area contributed by atoms with Gasteiger partial charge in [0.15, 0.2) is 17.3 Å².